The third-order valence-corrected chi connectivity index (χ3v) is 12.4. The van der Waals surface area contributed by atoms with Crippen LogP contribution in [0, 0.1) is 29.6 Å². The number of aliphatic hydroxyl groups excluding tert-OH is 1. The first-order valence-electron chi connectivity index (χ1n) is 20.4. The molecule has 2 fully saturated rings. The molecule has 1 amide bonds. The highest BCUT2D eigenvalue weighted by atomic mass is 16.7. The lowest BCUT2D eigenvalue weighted by Gasteiger charge is -2.47. The third-order valence-electron chi connectivity index (χ3n) is 12.4. The van der Waals surface area contributed by atoms with E-state index in [2.05, 4.69) is 13.0 Å². The number of amides is 1. The molecule has 0 saturated carbocycles. The Bertz CT molecular complexity index is 1440. The van der Waals surface area contributed by atoms with E-state index in [9.17, 15) is 29.4 Å². The minimum absolute atomic E-state index is 0.0472. The summed E-state index contributed by atoms with van der Waals surface area (Å²) in [6.45, 7) is 11.4. The van der Waals surface area contributed by atoms with Crippen LogP contribution in [0.1, 0.15) is 106 Å². The molecule has 55 heavy (non-hydrogen) atoms. The minimum atomic E-state index is -2.49. The number of carbonyl (C=O) groups excluding carboxylic acids is 4. The lowest BCUT2D eigenvalue weighted by atomic mass is 9.82. The predicted molar refractivity (Wildman–Crippen MR) is 207 cm³/mol. The SMILES string of the molecule is CC[C@@H]1/C=C(\C)C[C@H](C)C[C@H](OC)[C@H]2O[C@@](O)(C(=O)C(=O)N3CCCC[C@H]3C(=O)O[C@H](/C(C)=C/[C@@H]3CC=C[C@H](OC)C3)[C@H](C)[C@@H](O)CC1=O)[C@H](C)C[C@@H]2OC. The number of Topliss-reactive ketones (excluding diaryl/α,β-unsaturated/α-hetero) is 2. The summed E-state index contributed by atoms with van der Waals surface area (Å²) < 4.78 is 29.8. The Morgan fingerprint density at radius 3 is 2.35 bits per heavy atom. The number of piperidine rings is 1. The second-order valence-electron chi connectivity index (χ2n) is 16.7. The number of nitrogens with zero attached hydrogens (tertiary/aromatic N) is 1. The van der Waals surface area contributed by atoms with Crippen molar-refractivity contribution in [2.24, 2.45) is 29.6 Å². The molecule has 4 aliphatic rings. The predicted octanol–water partition coefficient (Wildman–Crippen LogP) is 5.28. The molecule has 0 spiro atoms. The second kappa shape index (κ2) is 20.1. The molecule has 0 unspecified atom stereocenters. The van der Waals surface area contributed by atoms with Gasteiger partial charge in [-0.1, -0.05) is 57.6 Å². The molecule has 0 aromatic rings. The van der Waals surface area contributed by atoms with Gasteiger partial charge in [0.05, 0.1) is 24.4 Å². The zero-order chi connectivity index (χ0) is 40.6. The van der Waals surface area contributed by atoms with Gasteiger partial charge in [0, 0.05) is 52.0 Å². The number of aliphatic hydroxyl groups is 2. The average Bonchev–Trinajstić information content (AvgIpc) is 3.17. The molecule has 0 radical (unpaired) electrons. The second-order valence-corrected chi connectivity index (χ2v) is 16.7. The minimum Gasteiger partial charge on any atom is -0.456 e. The molecule has 2 N–H and O–H groups in total. The van der Waals surface area contributed by atoms with Crippen LogP contribution in [0.25, 0.3) is 0 Å². The van der Waals surface area contributed by atoms with Crippen molar-refractivity contribution in [3.8, 4) is 0 Å². The quantitative estimate of drug-likeness (QED) is 0.206. The van der Waals surface area contributed by atoms with Gasteiger partial charge >= 0.3 is 5.97 Å². The summed E-state index contributed by atoms with van der Waals surface area (Å²) in [6.07, 6.45) is 8.71. The number of rotatable bonds is 6. The van der Waals surface area contributed by atoms with Gasteiger partial charge in [-0.2, -0.15) is 0 Å². The number of esters is 1. The van der Waals surface area contributed by atoms with Crippen LogP contribution in [0.4, 0.5) is 0 Å². The number of hydrogen-bond donors (Lipinski definition) is 2. The van der Waals surface area contributed by atoms with Crippen molar-refractivity contribution < 1.29 is 53.1 Å². The van der Waals surface area contributed by atoms with Crippen LogP contribution in [0.2, 0.25) is 0 Å². The Kier molecular flexibility index (Phi) is 16.4. The van der Waals surface area contributed by atoms with Gasteiger partial charge in [0.2, 0.25) is 5.79 Å². The summed E-state index contributed by atoms with van der Waals surface area (Å²) >= 11 is 0. The maximum Gasteiger partial charge on any atom is 0.329 e. The molecule has 13 atom stereocenters. The molecule has 0 aromatic carbocycles. The number of allylic oxidation sites excluding steroid dienone is 4. The van der Waals surface area contributed by atoms with Crippen LogP contribution >= 0.6 is 0 Å². The lowest BCUT2D eigenvalue weighted by Crippen LogP contribution is -2.64. The van der Waals surface area contributed by atoms with Crippen molar-refractivity contribution in [3.63, 3.8) is 0 Å². The molecule has 12 nitrogen and oxygen atoms in total. The fraction of sp³-hybridized carbons (Fsp3) is 0.767. The van der Waals surface area contributed by atoms with E-state index >= 15 is 0 Å². The number of ether oxygens (including phenoxy) is 5. The lowest BCUT2D eigenvalue weighted by molar-refractivity contribution is -0.302. The highest BCUT2D eigenvalue weighted by molar-refractivity contribution is 6.39. The van der Waals surface area contributed by atoms with Gasteiger partial charge < -0.3 is 38.8 Å². The molecular formula is C43H67NO11. The Labute approximate surface area is 328 Å². The first-order valence-corrected chi connectivity index (χ1v) is 20.4. The molecule has 0 aromatic heterocycles. The monoisotopic (exact) mass is 773 g/mol. The van der Waals surface area contributed by atoms with E-state index in [0.717, 1.165) is 18.4 Å². The van der Waals surface area contributed by atoms with Gasteiger partial charge in [-0.3, -0.25) is 14.4 Å². The summed E-state index contributed by atoms with van der Waals surface area (Å²) in [5, 5.41) is 23.6. The zero-order valence-electron chi connectivity index (χ0n) is 34.5. The Balaban J connectivity index is 1.77. The van der Waals surface area contributed by atoms with E-state index in [4.69, 9.17) is 23.7 Å². The van der Waals surface area contributed by atoms with Gasteiger partial charge in [-0.05, 0) is 89.0 Å². The zero-order valence-corrected chi connectivity index (χ0v) is 34.5. The molecular weight excluding hydrogens is 706 g/mol. The maximum absolute atomic E-state index is 14.3. The third kappa shape index (κ3) is 10.8. The topological polar surface area (TPSA) is 158 Å². The summed E-state index contributed by atoms with van der Waals surface area (Å²) in [7, 11) is 4.74. The maximum atomic E-state index is 14.3. The summed E-state index contributed by atoms with van der Waals surface area (Å²) in [4.78, 5) is 57.6. The molecule has 310 valence electrons. The fourth-order valence-corrected chi connectivity index (χ4v) is 9.03. The van der Waals surface area contributed by atoms with E-state index in [0.29, 0.717) is 37.7 Å². The molecule has 3 heterocycles. The first kappa shape index (κ1) is 45.0. The van der Waals surface area contributed by atoms with E-state index in [1.54, 1.807) is 21.0 Å². The van der Waals surface area contributed by atoms with Crippen molar-refractivity contribution in [2.75, 3.05) is 27.9 Å². The van der Waals surface area contributed by atoms with Crippen molar-refractivity contribution in [3.05, 3.63) is 35.5 Å². The number of hydrogen-bond acceptors (Lipinski definition) is 11. The molecule has 4 rings (SSSR count). The van der Waals surface area contributed by atoms with Crippen molar-refractivity contribution in [2.45, 2.75) is 154 Å². The molecule has 1 aliphatic carbocycles. The van der Waals surface area contributed by atoms with Crippen LogP contribution in [-0.4, -0.2) is 115 Å². The molecule has 12 heteroatoms. The standard InChI is InChI=1S/C43H67NO11/c1-10-31-19-25(2)18-26(3)20-36(52-8)39-37(53-9)22-28(5)43(50,55-39)40(47)41(48)44-17-12-11-16-33(44)42(49)54-38(29(6)34(45)24-35(31)46)27(4)21-30-14-13-15-32(23-30)51-7/h13,15,19,21,26,28-34,36-39,45,50H,10-12,14,16-18,20,22-24H2,1-9H3/b25-19+,27-21+/t26-,28+,29+,30-,31+,32-,33-,34-,36-,37-,38+,39+,43+/m0/s1. The Morgan fingerprint density at radius 2 is 1.69 bits per heavy atom. The summed E-state index contributed by atoms with van der Waals surface area (Å²) in [5.74, 6) is -7.23. The van der Waals surface area contributed by atoms with E-state index < -0.39 is 77.8 Å². The van der Waals surface area contributed by atoms with Crippen LogP contribution in [0.3, 0.4) is 0 Å². The van der Waals surface area contributed by atoms with Gasteiger partial charge in [-0.25, -0.2) is 4.79 Å². The average molecular weight is 774 g/mol. The number of carbonyl (C=O) groups is 4. The van der Waals surface area contributed by atoms with E-state index in [1.165, 1.54) is 19.1 Å². The number of fused-ring (bicyclic) bond motifs is 3. The Hall–Kier alpha value is -2.74. The highest BCUT2D eigenvalue weighted by Crippen LogP contribution is 2.39. The van der Waals surface area contributed by atoms with Gasteiger partial charge in [0.15, 0.2) is 0 Å². The van der Waals surface area contributed by atoms with Crippen LogP contribution < -0.4 is 0 Å². The Morgan fingerprint density at radius 1 is 1.00 bits per heavy atom. The van der Waals surface area contributed by atoms with Crippen molar-refractivity contribution >= 4 is 23.4 Å². The van der Waals surface area contributed by atoms with Crippen molar-refractivity contribution in [1.29, 1.82) is 0 Å². The van der Waals surface area contributed by atoms with Crippen LogP contribution in [0.15, 0.2) is 35.5 Å². The first-order chi connectivity index (χ1) is 26.1. The smallest absolute Gasteiger partial charge is 0.329 e. The number of methoxy groups -OCH3 is 3. The van der Waals surface area contributed by atoms with E-state index in [1.807, 2.05) is 39.0 Å². The largest absolute Gasteiger partial charge is 0.456 e. The van der Waals surface area contributed by atoms with Crippen LogP contribution in [-0.2, 0) is 42.9 Å². The van der Waals surface area contributed by atoms with E-state index in [-0.39, 0.29) is 49.5 Å². The highest BCUT2D eigenvalue weighted by Gasteiger charge is 2.56. The molecule has 2 bridgehead atoms. The van der Waals surface area contributed by atoms with Crippen LogP contribution in [0.5, 0.6) is 0 Å². The molecule has 3 aliphatic heterocycles. The fourth-order valence-electron chi connectivity index (χ4n) is 9.03. The van der Waals surface area contributed by atoms with Gasteiger partial charge in [0.25, 0.3) is 11.7 Å². The summed E-state index contributed by atoms with van der Waals surface area (Å²) in [6, 6.07) is -1.11. The van der Waals surface area contributed by atoms with Gasteiger partial charge in [0.1, 0.15) is 24.0 Å². The number of ketones is 2. The molecule has 2 saturated heterocycles. The van der Waals surface area contributed by atoms with Crippen molar-refractivity contribution in [1.82, 2.24) is 4.90 Å². The normalized spacial score (nSPS) is 40.5. The van der Waals surface area contributed by atoms with Gasteiger partial charge in [-0.15, -0.1) is 0 Å². The summed E-state index contributed by atoms with van der Waals surface area (Å²) in [5.41, 5.74) is 1.72. The number of cyclic esters (lactones) is 1.